The lowest BCUT2D eigenvalue weighted by atomic mass is 9.63. The van der Waals surface area contributed by atoms with Gasteiger partial charge in [0.15, 0.2) is 0 Å². The third-order valence-electron chi connectivity index (χ3n) is 7.27. The van der Waals surface area contributed by atoms with Gasteiger partial charge < -0.3 is 0 Å². The van der Waals surface area contributed by atoms with Crippen LogP contribution in [0.3, 0.4) is 0 Å². The topological polar surface area (TPSA) is 0 Å². The summed E-state index contributed by atoms with van der Waals surface area (Å²) in [5, 5.41) is 3.45. The van der Waals surface area contributed by atoms with Crippen molar-refractivity contribution in [1.82, 2.24) is 0 Å². The van der Waals surface area contributed by atoms with Crippen molar-refractivity contribution in [1.29, 1.82) is 0 Å². The van der Waals surface area contributed by atoms with Crippen LogP contribution in [0.2, 0.25) is 5.02 Å². The van der Waals surface area contributed by atoms with Crippen LogP contribution < -0.4 is 0 Å². The molecule has 4 aliphatic rings. The van der Waals surface area contributed by atoms with Crippen LogP contribution in [-0.2, 0) is 0 Å². The molecule has 26 heavy (non-hydrogen) atoms. The highest BCUT2D eigenvalue weighted by Crippen LogP contribution is 2.56. The molecule has 3 aromatic carbocycles. The molecule has 0 spiro atoms. The Morgan fingerprint density at radius 2 is 1.27 bits per heavy atom. The fourth-order valence-electron chi connectivity index (χ4n) is 6.41. The molecule has 0 aliphatic heterocycles. The van der Waals surface area contributed by atoms with Gasteiger partial charge in [-0.15, -0.1) is 0 Å². The summed E-state index contributed by atoms with van der Waals surface area (Å²) in [7, 11) is 0. The molecule has 0 radical (unpaired) electrons. The molecule has 7 rings (SSSR count). The molecule has 0 saturated heterocycles. The van der Waals surface area contributed by atoms with Gasteiger partial charge in [-0.2, -0.15) is 0 Å². The summed E-state index contributed by atoms with van der Waals surface area (Å²) in [6.07, 6.45) is 6.91. The predicted octanol–water partition coefficient (Wildman–Crippen LogP) is 7.55. The molecule has 0 nitrogen and oxygen atoms in total. The summed E-state index contributed by atoms with van der Waals surface area (Å²) >= 11 is 6.78. The SMILES string of the molecule is Clc1cc2c(c3ccccc13)-c1ccccc1C1CC3CC(C1)CC2C3. The van der Waals surface area contributed by atoms with E-state index in [1.807, 2.05) is 0 Å². The van der Waals surface area contributed by atoms with E-state index in [0.29, 0.717) is 5.92 Å². The minimum atomic E-state index is 0.669. The van der Waals surface area contributed by atoms with E-state index in [2.05, 4.69) is 54.6 Å². The monoisotopic (exact) mass is 358 g/mol. The molecule has 2 unspecified atom stereocenters. The second kappa shape index (κ2) is 5.60. The Labute approximate surface area is 160 Å². The standard InChI is InChI=1S/C25H23Cl/c26-24-14-23-18-12-15-9-16(13-18)11-17(10-15)19-5-1-3-7-21(19)25(23)22-8-4-2-6-20(22)24/h1-8,14-18H,9-13H2. The Morgan fingerprint density at radius 1 is 0.654 bits per heavy atom. The highest BCUT2D eigenvalue weighted by atomic mass is 35.5. The van der Waals surface area contributed by atoms with Crippen LogP contribution in [0.25, 0.3) is 21.9 Å². The summed E-state index contributed by atoms with van der Waals surface area (Å²) < 4.78 is 0. The zero-order chi connectivity index (χ0) is 17.3. The van der Waals surface area contributed by atoms with Crippen LogP contribution in [0.5, 0.6) is 0 Å². The molecule has 2 saturated carbocycles. The summed E-state index contributed by atoms with van der Waals surface area (Å²) in [6.45, 7) is 0. The zero-order valence-electron chi connectivity index (χ0n) is 14.9. The maximum Gasteiger partial charge on any atom is 0.0487 e. The first kappa shape index (κ1) is 15.3. The second-order valence-corrected chi connectivity index (χ2v) is 9.17. The quantitative estimate of drug-likeness (QED) is 0.389. The van der Waals surface area contributed by atoms with E-state index in [-0.39, 0.29) is 0 Å². The first-order chi connectivity index (χ1) is 12.8. The number of halogens is 1. The number of rotatable bonds is 0. The molecule has 0 aromatic heterocycles. The molecule has 0 amide bonds. The first-order valence-corrected chi connectivity index (χ1v) is 10.5. The molecule has 130 valence electrons. The van der Waals surface area contributed by atoms with Gasteiger partial charge in [-0.1, -0.05) is 60.1 Å². The van der Waals surface area contributed by atoms with E-state index in [4.69, 9.17) is 11.6 Å². The largest absolute Gasteiger partial charge is 0.0837 e. The molecule has 3 aromatic rings. The average Bonchev–Trinajstić information content (AvgIpc) is 2.72. The Kier molecular flexibility index (Phi) is 3.29. The molecular formula is C25H23Cl. The molecule has 0 N–H and O–H groups in total. The fraction of sp³-hybridized carbons (Fsp3) is 0.360. The van der Waals surface area contributed by atoms with E-state index < -0.39 is 0 Å². The normalized spacial score (nSPS) is 29.0. The third-order valence-corrected chi connectivity index (χ3v) is 7.59. The van der Waals surface area contributed by atoms with Crippen molar-refractivity contribution in [2.24, 2.45) is 11.8 Å². The van der Waals surface area contributed by atoms with Gasteiger partial charge in [0, 0.05) is 10.4 Å². The van der Waals surface area contributed by atoms with Crippen LogP contribution in [0, 0.1) is 11.8 Å². The molecule has 4 aliphatic carbocycles. The van der Waals surface area contributed by atoms with Gasteiger partial charge in [0.2, 0.25) is 0 Å². The van der Waals surface area contributed by atoms with Crippen LogP contribution in [0.15, 0.2) is 54.6 Å². The molecule has 1 heteroatoms. The second-order valence-electron chi connectivity index (χ2n) is 8.76. The van der Waals surface area contributed by atoms with Gasteiger partial charge in [0.1, 0.15) is 0 Å². The minimum absolute atomic E-state index is 0.669. The van der Waals surface area contributed by atoms with Gasteiger partial charge in [0.25, 0.3) is 0 Å². The summed E-state index contributed by atoms with van der Waals surface area (Å²) in [5.41, 5.74) is 6.03. The van der Waals surface area contributed by atoms with Crippen molar-refractivity contribution in [3.8, 4) is 11.1 Å². The Balaban J connectivity index is 1.76. The van der Waals surface area contributed by atoms with Crippen molar-refractivity contribution >= 4 is 22.4 Å². The van der Waals surface area contributed by atoms with Crippen LogP contribution in [0.1, 0.15) is 55.1 Å². The van der Waals surface area contributed by atoms with E-state index in [1.165, 1.54) is 59.6 Å². The van der Waals surface area contributed by atoms with Crippen LogP contribution >= 0.6 is 11.6 Å². The highest BCUT2D eigenvalue weighted by Gasteiger charge is 2.40. The minimum Gasteiger partial charge on any atom is -0.0837 e. The summed E-state index contributed by atoms with van der Waals surface area (Å²) in [5.74, 6) is 3.18. The van der Waals surface area contributed by atoms with E-state index >= 15 is 0 Å². The maximum absolute atomic E-state index is 6.78. The third kappa shape index (κ3) is 2.15. The number of benzene rings is 3. The zero-order valence-corrected chi connectivity index (χ0v) is 15.7. The number of hydrogen-bond donors (Lipinski definition) is 0. The average molecular weight is 359 g/mol. The molecule has 4 bridgehead atoms. The van der Waals surface area contributed by atoms with Gasteiger partial charge in [-0.3, -0.25) is 0 Å². The van der Waals surface area contributed by atoms with Gasteiger partial charge in [0.05, 0.1) is 0 Å². The van der Waals surface area contributed by atoms with E-state index in [0.717, 1.165) is 22.8 Å². The summed E-state index contributed by atoms with van der Waals surface area (Å²) in [4.78, 5) is 0. The highest BCUT2D eigenvalue weighted by molar-refractivity contribution is 6.36. The first-order valence-electron chi connectivity index (χ1n) is 10.1. The molecule has 2 atom stereocenters. The number of hydrogen-bond acceptors (Lipinski definition) is 0. The van der Waals surface area contributed by atoms with E-state index in [1.54, 1.807) is 5.56 Å². The smallest absolute Gasteiger partial charge is 0.0487 e. The maximum atomic E-state index is 6.78. The fourth-order valence-corrected chi connectivity index (χ4v) is 6.70. The Bertz CT molecular complexity index is 1000. The van der Waals surface area contributed by atoms with Gasteiger partial charge in [-0.05, 0) is 89.5 Å². The number of fused-ring (bicyclic) bond motifs is 1. The van der Waals surface area contributed by atoms with Crippen molar-refractivity contribution in [3.63, 3.8) is 0 Å². The molecule has 2 fully saturated rings. The molecule has 0 heterocycles. The predicted molar refractivity (Wildman–Crippen MR) is 110 cm³/mol. The van der Waals surface area contributed by atoms with Crippen LogP contribution in [0.4, 0.5) is 0 Å². The lowest BCUT2D eigenvalue weighted by molar-refractivity contribution is 0.153. The van der Waals surface area contributed by atoms with Crippen molar-refractivity contribution in [2.75, 3.05) is 0 Å². The van der Waals surface area contributed by atoms with E-state index in [9.17, 15) is 0 Å². The molecular weight excluding hydrogens is 336 g/mol. The Hall–Kier alpha value is -1.79. The lowest BCUT2D eigenvalue weighted by Gasteiger charge is -2.42. The van der Waals surface area contributed by atoms with Gasteiger partial charge in [-0.25, -0.2) is 0 Å². The lowest BCUT2D eigenvalue weighted by Crippen LogP contribution is -2.29. The van der Waals surface area contributed by atoms with Gasteiger partial charge >= 0.3 is 0 Å². The van der Waals surface area contributed by atoms with Crippen molar-refractivity contribution in [2.45, 2.75) is 43.9 Å². The van der Waals surface area contributed by atoms with Crippen molar-refractivity contribution < 1.29 is 0 Å². The van der Waals surface area contributed by atoms with Crippen LogP contribution in [-0.4, -0.2) is 0 Å². The van der Waals surface area contributed by atoms with Crippen molar-refractivity contribution in [3.05, 3.63) is 70.7 Å². The Morgan fingerprint density at radius 3 is 2.04 bits per heavy atom. The summed E-state index contributed by atoms with van der Waals surface area (Å²) in [6, 6.07) is 20.3.